The minimum Gasteiger partial charge on any atom is -0.387 e. The Hall–Kier alpha value is -1.75. The van der Waals surface area contributed by atoms with E-state index in [1.54, 1.807) is 23.0 Å². The number of hydrogen-bond acceptors (Lipinski definition) is 3. The van der Waals surface area contributed by atoms with Crippen molar-refractivity contribution in [2.45, 2.75) is 26.0 Å². The van der Waals surface area contributed by atoms with Gasteiger partial charge in [0.05, 0.1) is 18.8 Å². The summed E-state index contributed by atoms with van der Waals surface area (Å²) in [6.07, 6.45) is 1.74. The van der Waals surface area contributed by atoms with Gasteiger partial charge in [0, 0.05) is 0 Å². The predicted molar refractivity (Wildman–Crippen MR) is 60.8 cm³/mol. The number of halogens is 1. The lowest BCUT2D eigenvalue weighted by Gasteiger charge is -2.01. The molecule has 0 radical (unpaired) electrons. The zero-order chi connectivity index (χ0) is 12.3. The molecule has 1 aromatic heterocycles. The van der Waals surface area contributed by atoms with Crippen LogP contribution in [0.3, 0.4) is 0 Å². The second-order valence-electron chi connectivity index (χ2n) is 3.89. The highest BCUT2D eigenvalue weighted by Crippen LogP contribution is 2.12. The maximum Gasteiger partial charge on any atom is 0.123 e. The molecule has 1 N–H and O–H groups in total. The van der Waals surface area contributed by atoms with Crippen molar-refractivity contribution in [2.75, 3.05) is 0 Å². The van der Waals surface area contributed by atoms with Gasteiger partial charge in [0.25, 0.3) is 0 Å². The van der Waals surface area contributed by atoms with Gasteiger partial charge in [-0.3, -0.25) is 0 Å². The molecule has 0 saturated carbocycles. The second-order valence-corrected chi connectivity index (χ2v) is 3.89. The van der Waals surface area contributed by atoms with Crippen molar-refractivity contribution in [3.63, 3.8) is 0 Å². The minimum atomic E-state index is -0.572. The van der Waals surface area contributed by atoms with Gasteiger partial charge in [-0.15, -0.1) is 5.10 Å². The lowest BCUT2D eigenvalue weighted by Crippen LogP contribution is -2.00. The van der Waals surface area contributed by atoms with Crippen molar-refractivity contribution < 1.29 is 9.50 Å². The highest BCUT2D eigenvalue weighted by atomic mass is 19.1. The molecule has 2 rings (SSSR count). The largest absolute Gasteiger partial charge is 0.387 e. The highest BCUT2D eigenvalue weighted by molar-refractivity contribution is 5.16. The zero-order valence-corrected chi connectivity index (χ0v) is 9.55. The first-order valence-corrected chi connectivity index (χ1v) is 5.51. The molecule has 0 amide bonds. The van der Waals surface area contributed by atoms with Crippen molar-refractivity contribution in [2.24, 2.45) is 0 Å². The summed E-state index contributed by atoms with van der Waals surface area (Å²) in [4.78, 5) is 0. The SMILES string of the molecule is CCC(O)c1cn(Cc2ccc(F)cc2)nn1. The quantitative estimate of drug-likeness (QED) is 0.880. The lowest BCUT2D eigenvalue weighted by molar-refractivity contribution is 0.168. The fourth-order valence-electron chi connectivity index (χ4n) is 1.53. The second kappa shape index (κ2) is 5.05. The number of benzene rings is 1. The lowest BCUT2D eigenvalue weighted by atomic mass is 10.2. The molecule has 0 aliphatic carbocycles. The standard InChI is InChI=1S/C12H14FN3O/c1-2-12(17)11-8-16(15-14-11)7-9-3-5-10(13)6-4-9/h3-6,8,12,17H,2,7H2,1H3. The van der Waals surface area contributed by atoms with Gasteiger partial charge in [-0.2, -0.15) is 0 Å². The Morgan fingerprint density at radius 3 is 2.71 bits per heavy atom. The van der Waals surface area contributed by atoms with E-state index in [0.29, 0.717) is 18.7 Å². The molecule has 1 unspecified atom stereocenters. The number of rotatable bonds is 4. The van der Waals surface area contributed by atoms with Crippen LogP contribution in [0, 0.1) is 5.82 Å². The maximum atomic E-state index is 12.7. The monoisotopic (exact) mass is 235 g/mol. The molecular weight excluding hydrogens is 221 g/mol. The average Bonchev–Trinajstić information content (AvgIpc) is 2.80. The Labute approximate surface area is 98.7 Å². The molecule has 0 fully saturated rings. The molecule has 0 bridgehead atoms. The Bertz CT molecular complexity index is 481. The summed E-state index contributed by atoms with van der Waals surface area (Å²) in [6.45, 7) is 2.40. The number of aliphatic hydroxyl groups is 1. The molecule has 5 heteroatoms. The van der Waals surface area contributed by atoms with Crippen LogP contribution < -0.4 is 0 Å². The van der Waals surface area contributed by atoms with Gasteiger partial charge < -0.3 is 5.11 Å². The fraction of sp³-hybridized carbons (Fsp3) is 0.333. The predicted octanol–water partition coefficient (Wildman–Crippen LogP) is 1.91. The normalized spacial score (nSPS) is 12.6. The summed E-state index contributed by atoms with van der Waals surface area (Å²) < 4.78 is 14.3. The molecule has 90 valence electrons. The van der Waals surface area contributed by atoms with Gasteiger partial charge in [-0.25, -0.2) is 9.07 Å². The smallest absolute Gasteiger partial charge is 0.123 e. The number of nitrogens with zero attached hydrogens (tertiary/aromatic N) is 3. The molecule has 17 heavy (non-hydrogen) atoms. The van der Waals surface area contributed by atoms with E-state index in [1.807, 2.05) is 6.92 Å². The molecule has 1 aromatic carbocycles. The van der Waals surface area contributed by atoms with Crippen LogP contribution in [0.2, 0.25) is 0 Å². The first kappa shape index (κ1) is 11.7. The Morgan fingerprint density at radius 2 is 2.06 bits per heavy atom. The van der Waals surface area contributed by atoms with E-state index in [9.17, 15) is 9.50 Å². The van der Waals surface area contributed by atoms with Crippen LogP contribution in [0.1, 0.15) is 30.7 Å². The van der Waals surface area contributed by atoms with Gasteiger partial charge >= 0.3 is 0 Å². The van der Waals surface area contributed by atoms with E-state index in [1.165, 1.54) is 12.1 Å². The molecule has 2 aromatic rings. The van der Waals surface area contributed by atoms with Gasteiger partial charge in [0.15, 0.2) is 0 Å². The van der Waals surface area contributed by atoms with E-state index in [2.05, 4.69) is 10.3 Å². The summed E-state index contributed by atoms with van der Waals surface area (Å²) in [7, 11) is 0. The number of aliphatic hydroxyl groups excluding tert-OH is 1. The number of hydrogen-bond donors (Lipinski definition) is 1. The van der Waals surface area contributed by atoms with Crippen LogP contribution in [0.25, 0.3) is 0 Å². The summed E-state index contributed by atoms with van der Waals surface area (Å²) in [6, 6.07) is 6.22. The molecule has 1 heterocycles. The van der Waals surface area contributed by atoms with Crippen LogP contribution in [-0.4, -0.2) is 20.1 Å². The molecule has 4 nitrogen and oxygen atoms in total. The van der Waals surface area contributed by atoms with Gasteiger partial charge in [0.2, 0.25) is 0 Å². The van der Waals surface area contributed by atoms with Gasteiger partial charge in [-0.1, -0.05) is 24.3 Å². The first-order chi connectivity index (χ1) is 8.19. The van der Waals surface area contributed by atoms with E-state index in [0.717, 1.165) is 5.56 Å². The molecular formula is C12H14FN3O. The first-order valence-electron chi connectivity index (χ1n) is 5.51. The average molecular weight is 235 g/mol. The van der Waals surface area contributed by atoms with Crippen molar-refractivity contribution in [1.82, 2.24) is 15.0 Å². The molecule has 0 saturated heterocycles. The third-order valence-corrected chi connectivity index (χ3v) is 2.54. The highest BCUT2D eigenvalue weighted by Gasteiger charge is 2.09. The Kier molecular flexibility index (Phi) is 3.49. The molecule has 0 spiro atoms. The summed E-state index contributed by atoms with van der Waals surface area (Å²) in [5.74, 6) is -0.255. The third-order valence-electron chi connectivity index (χ3n) is 2.54. The Morgan fingerprint density at radius 1 is 1.35 bits per heavy atom. The van der Waals surface area contributed by atoms with Crippen molar-refractivity contribution in [3.05, 3.63) is 47.5 Å². The molecule has 1 atom stereocenters. The summed E-state index contributed by atoms with van der Waals surface area (Å²) in [5, 5.41) is 17.4. The summed E-state index contributed by atoms with van der Waals surface area (Å²) in [5.41, 5.74) is 1.50. The molecule has 0 aliphatic heterocycles. The summed E-state index contributed by atoms with van der Waals surface area (Å²) >= 11 is 0. The van der Waals surface area contributed by atoms with Crippen molar-refractivity contribution in [1.29, 1.82) is 0 Å². The van der Waals surface area contributed by atoms with Crippen LogP contribution in [0.15, 0.2) is 30.5 Å². The van der Waals surface area contributed by atoms with E-state index in [-0.39, 0.29) is 5.82 Å². The van der Waals surface area contributed by atoms with E-state index >= 15 is 0 Å². The molecule has 0 aliphatic rings. The van der Waals surface area contributed by atoms with Gasteiger partial charge in [0.1, 0.15) is 11.5 Å². The van der Waals surface area contributed by atoms with Crippen LogP contribution >= 0.6 is 0 Å². The van der Waals surface area contributed by atoms with Crippen molar-refractivity contribution >= 4 is 0 Å². The number of aromatic nitrogens is 3. The van der Waals surface area contributed by atoms with Crippen molar-refractivity contribution in [3.8, 4) is 0 Å². The third kappa shape index (κ3) is 2.88. The van der Waals surface area contributed by atoms with Crippen LogP contribution in [0.4, 0.5) is 4.39 Å². The fourth-order valence-corrected chi connectivity index (χ4v) is 1.53. The maximum absolute atomic E-state index is 12.7. The van der Waals surface area contributed by atoms with E-state index in [4.69, 9.17) is 0 Å². The minimum absolute atomic E-state index is 0.255. The zero-order valence-electron chi connectivity index (χ0n) is 9.55. The van der Waals surface area contributed by atoms with E-state index < -0.39 is 6.10 Å². The Balaban J connectivity index is 2.08. The van der Waals surface area contributed by atoms with Crippen LogP contribution in [0.5, 0.6) is 0 Å². The van der Waals surface area contributed by atoms with Crippen LogP contribution in [-0.2, 0) is 6.54 Å². The van der Waals surface area contributed by atoms with Gasteiger partial charge in [-0.05, 0) is 24.1 Å². The topological polar surface area (TPSA) is 50.9 Å².